The Morgan fingerprint density at radius 3 is 2.76 bits per heavy atom. The minimum Gasteiger partial charge on any atom is -0.495 e. The Hall–Kier alpha value is -1.96. The molecule has 0 amide bonds. The second-order valence-corrected chi connectivity index (χ2v) is 3.96. The summed E-state index contributed by atoms with van der Waals surface area (Å²) in [7, 11) is 3.20. The average Bonchev–Trinajstić information content (AvgIpc) is 2.28. The Morgan fingerprint density at radius 1 is 1.59 bits per heavy atom. The van der Waals surface area contributed by atoms with Crippen molar-refractivity contribution in [3.63, 3.8) is 0 Å². The van der Waals surface area contributed by atoms with Crippen molar-refractivity contribution in [1.82, 2.24) is 0 Å². The van der Waals surface area contributed by atoms with Gasteiger partial charge in [-0.2, -0.15) is 5.26 Å². The first kappa shape index (κ1) is 13.1. The summed E-state index contributed by atoms with van der Waals surface area (Å²) in [6.45, 7) is 2.23. The fourth-order valence-electron chi connectivity index (χ4n) is 1.58. The first-order chi connectivity index (χ1) is 7.99. The van der Waals surface area contributed by atoms with Crippen LogP contribution in [0.15, 0.2) is 12.1 Å². The normalized spacial score (nSPS) is 11.7. The van der Waals surface area contributed by atoms with Crippen LogP contribution in [-0.2, 0) is 0 Å². The summed E-state index contributed by atoms with van der Waals surface area (Å²) < 4.78 is 18.8. The molecule has 0 bridgehead atoms. The van der Waals surface area contributed by atoms with Crippen LogP contribution >= 0.6 is 0 Å². The van der Waals surface area contributed by atoms with Crippen LogP contribution in [0.25, 0.3) is 0 Å². The number of benzene rings is 1. The van der Waals surface area contributed by atoms with Gasteiger partial charge in [0.15, 0.2) is 0 Å². The number of nitrogens with two attached hydrogens (primary N) is 1. The van der Waals surface area contributed by atoms with E-state index >= 15 is 0 Å². The second kappa shape index (κ2) is 5.39. The van der Waals surface area contributed by atoms with Gasteiger partial charge in [-0.3, -0.25) is 0 Å². The molecule has 1 rings (SSSR count). The quantitative estimate of drug-likeness (QED) is 0.814. The zero-order valence-corrected chi connectivity index (χ0v) is 10.2. The number of hydrogen-bond acceptors (Lipinski definition) is 4. The molecule has 17 heavy (non-hydrogen) atoms. The molecule has 0 aliphatic heterocycles. The van der Waals surface area contributed by atoms with E-state index in [0.29, 0.717) is 18.0 Å². The minimum absolute atomic E-state index is 0.178. The highest BCUT2D eigenvalue weighted by Gasteiger charge is 2.14. The van der Waals surface area contributed by atoms with E-state index in [1.165, 1.54) is 19.2 Å². The Morgan fingerprint density at radius 2 is 2.24 bits per heavy atom. The number of halogens is 1. The average molecular weight is 237 g/mol. The highest BCUT2D eigenvalue weighted by molar-refractivity contribution is 5.63. The lowest BCUT2D eigenvalue weighted by molar-refractivity contribution is 0.416. The second-order valence-electron chi connectivity index (χ2n) is 3.96. The van der Waals surface area contributed by atoms with Crippen molar-refractivity contribution in [2.45, 2.75) is 6.92 Å². The summed E-state index contributed by atoms with van der Waals surface area (Å²) >= 11 is 0. The molecule has 5 heteroatoms. The molecule has 2 N–H and O–H groups in total. The summed E-state index contributed by atoms with van der Waals surface area (Å²) in [4.78, 5) is 1.67. The van der Waals surface area contributed by atoms with Crippen LogP contribution in [0.4, 0.5) is 15.8 Å². The Labute approximate surface area is 100 Å². The molecule has 1 unspecified atom stereocenters. The minimum atomic E-state index is -0.420. The van der Waals surface area contributed by atoms with Crippen molar-refractivity contribution in [1.29, 1.82) is 5.26 Å². The van der Waals surface area contributed by atoms with E-state index in [0.717, 1.165) is 0 Å². The molecule has 0 aliphatic rings. The van der Waals surface area contributed by atoms with Gasteiger partial charge in [0, 0.05) is 25.7 Å². The molecule has 0 aromatic heterocycles. The molecule has 0 aliphatic carbocycles. The summed E-state index contributed by atoms with van der Waals surface area (Å²) in [6, 6.07) is 4.87. The number of nitrogen functional groups attached to an aromatic ring is 1. The molecule has 92 valence electrons. The van der Waals surface area contributed by atoms with Crippen molar-refractivity contribution >= 4 is 11.4 Å². The molecule has 4 nitrogen and oxygen atoms in total. The zero-order valence-electron chi connectivity index (χ0n) is 10.2. The van der Waals surface area contributed by atoms with Crippen LogP contribution in [0.1, 0.15) is 6.92 Å². The molecule has 0 heterocycles. The maximum atomic E-state index is 13.7. The van der Waals surface area contributed by atoms with Gasteiger partial charge in [-0.1, -0.05) is 0 Å². The van der Waals surface area contributed by atoms with E-state index in [9.17, 15) is 4.39 Å². The third-order valence-electron chi connectivity index (χ3n) is 2.48. The molecular formula is C12H16FN3O. The first-order valence-corrected chi connectivity index (χ1v) is 5.23. The highest BCUT2D eigenvalue weighted by atomic mass is 19.1. The molecule has 0 spiro atoms. The maximum absolute atomic E-state index is 13.7. The third-order valence-corrected chi connectivity index (χ3v) is 2.48. The number of rotatable bonds is 4. The summed E-state index contributed by atoms with van der Waals surface area (Å²) in [5.74, 6) is -0.170. The fourth-order valence-corrected chi connectivity index (χ4v) is 1.58. The van der Waals surface area contributed by atoms with Crippen LogP contribution < -0.4 is 15.4 Å². The summed E-state index contributed by atoms with van der Waals surface area (Å²) in [5, 5.41) is 8.73. The number of nitrogens with zero attached hydrogens (tertiary/aromatic N) is 2. The monoisotopic (exact) mass is 237 g/mol. The van der Waals surface area contributed by atoms with E-state index in [4.69, 9.17) is 15.7 Å². The Balaban J connectivity index is 3.01. The predicted molar refractivity (Wildman–Crippen MR) is 65.4 cm³/mol. The molecule has 1 aromatic carbocycles. The van der Waals surface area contributed by atoms with Gasteiger partial charge >= 0.3 is 0 Å². The lowest BCUT2D eigenvalue weighted by Gasteiger charge is -2.22. The van der Waals surface area contributed by atoms with Crippen LogP contribution in [0, 0.1) is 23.1 Å². The van der Waals surface area contributed by atoms with Crippen molar-refractivity contribution < 1.29 is 9.13 Å². The van der Waals surface area contributed by atoms with E-state index in [1.54, 1.807) is 18.9 Å². The third kappa shape index (κ3) is 3.00. The SMILES string of the molecule is COc1cc(N(C)CC(C)C#N)c(F)cc1N. The smallest absolute Gasteiger partial charge is 0.148 e. The number of hydrogen-bond donors (Lipinski definition) is 1. The van der Waals surface area contributed by atoms with Gasteiger partial charge in [0.05, 0.1) is 30.5 Å². The number of methoxy groups -OCH3 is 1. The van der Waals surface area contributed by atoms with Gasteiger partial charge in [0.25, 0.3) is 0 Å². The Kier molecular flexibility index (Phi) is 4.16. The van der Waals surface area contributed by atoms with Crippen molar-refractivity contribution in [2.75, 3.05) is 31.3 Å². The molecule has 0 saturated heterocycles. The van der Waals surface area contributed by atoms with Crippen LogP contribution in [0.5, 0.6) is 5.75 Å². The van der Waals surface area contributed by atoms with Gasteiger partial charge in [-0.15, -0.1) is 0 Å². The van der Waals surface area contributed by atoms with Crippen molar-refractivity contribution in [3.05, 3.63) is 17.9 Å². The highest BCUT2D eigenvalue weighted by Crippen LogP contribution is 2.30. The zero-order chi connectivity index (χ0) is 13.0. The lowest BCUT2D eigenvalue weighted by Crippen LogP contribution is -2.24. The van der Waals surface area contributed by atoms with Gasteiger partial charge in [-0.05, 0) is 6.92 Å². The van der Waals surface area contributed by atoms with Gasteiger partial charge in [-0.25, -0.2) is 4.39 Å². The van der Waals surface area contributed by atoms with E-state index in [2.05, 4.69) is 6.07 Å². The number of ether oxygens (including phenoxy) is 1. The van der Waals surface area contributed by atoms with Crippen molar-refractivity contribution in [3.8, 4) is 11.8 Å². The van der Waals surface area contributed by atoms with Gasteiger partial charge in [0.2, 0.25) is 0 Å². The molecule has 1 aromatic rings. The fraction of sp³-hybridized carbons (Fsp3) is 0.417. The first-order valence-electron chi connectivity index (χ1n) is 5.23. The predicted octanol–water partition coefficient (Wildman–Crippen LogP) is 2.01. The summed E-state index contributed by atoms with van der Waals surface area (Å²) in [6.07, 6.45) is 0. The van der Waals surface area contributed by atoms with E-state index < -0.39 is 5.82 Å². The molecular weight excluding hydrogens is 221 g/mol. The molecule has 0 saturated carbocycles. The van der Waals surface area contributed by atoms with E-state index in [1.807, 2.05) is 0 Å². The van der Waals surface area contributed by atoms with Gasteiger partial charge in [0.1, 0.15) is 11.6 Å². The standard InChI is InChI=1S/C12H16FN3O/c1-8(6-14)7-16(2)11-5-12(17-3)10(15)4-9(11)13/h4-5,8H,7,15H2,1-3H3. The topological polar surface area (TPSA) is 62.3 Å². The Bertz CT molecular complexity index is 442. The molecule has 0 fully saturated rings. The number of anilines is 2. The van der Waals surface area contributed by atoms with Crippen LogP contribution in [-0.4, -0.2) is 20.7 Å². The van der Waals surface area contributed by atoms with E-state index in [-0.39, 0.29) is 11.6 Å². The number of nitriles is 1. The van der Waals surface area contributed by atoms with Gasteiger partial charge < -0.3 is 15.4 Å². The van der Waals surface area contributed by atoms with Crippen LogP contribution in [0.2, 0.25) is 0 Å². The maximum Gasteiger partial charge on any atom is 0.148 e. The lowest BCUT2D eigenvalue weighted by atomic mass is 10.1. The van der Waals surface area contributed by atoms with Crippen molar-refractivity contribution in [2.24, 2.45) is 5.92 Å². The largest absolute Gasteiger partial charge is 0.495 e. The van der Waals surface area contributed by atoms with Crippen LogP contribution in [0.3, 0.4) is 0 Å². The molecule has 0 radical (unpaired) electrons. The summed E-state index contributed by atoms with van der Waals surface area (Å²) in [5.41, 5.74) is 6.23. The molecule has 1 atom stereocenters.